The van der Waals surface area contributed by atoms with E-state index >= 15 is 0 Å². The molecule has 1 aromatic carbocycles. The van der Waals surface area contributed by atoms with Crippen molar-refractivity contribution in [1.82, 2.24) is 4.90 Å². The molecule has 1 atom stereocenters. The molecular formula is C15H21ClFN3O2. The second kappa shape index (κ2) is 7.56. The predicted octanol–water partition coefficient (Wildman–Crippen LogP) is 1.45. The fraction of sp³-hybridized carbons (Fsp3) is 0.467. The van der Waals surface area contributed by atoms with E-state index in [0.29, 0.717) is 37.4 Å². The quantitative estimate of drug-likeness (QED) is 0.852. The lowest BCUT2D eigenvalue weighted by Crippen LogP contribution is -2.52. The first kappa shape index (κ1) is 18.4. The number of nitrogens with two attached hydrogens (primary N) is 1. The number of anilines is 1. The third kappa shape index (κ3) is 3.96. The standard InChI is InChI=1S/C15H20FN3O2.ClH/c1-10(17)15(21)19-7-5-18(6-8-19)14-4-3-12(11(2)20)9-13(14)16;/h3-4,9-10H,5-8,17H2,1-2H3;1H. The van der Waals surface area contributed by atoms with Gasteiger partial charge >= 0.3 is 0 Å². The molecule has 2 rings (SSSR count). The molecule has 1 aromatic rings. The van der Waals surface area contributed by atoms with Crippen LogP contribution in [0.1, 0.15) is 24.2 Å². The zero-order valence-electron chi connectivity index (χ0n) is 12.7. The number of rotatable bonds is 3. The van der Waals surface area contributed by atoms with Crippen molar-refractivity contribution < 1.29 is 14.0 Å². The Morgan fingerprint density at radius 1 is 1.23 bits per heavy atom. The van der Waals surface area contributed by atoms with Crippen LogP contribution in [0.5, 0.6) is 0 Å². The number of nitrogens with zero attached hydrogens (tertiary/aromatic N) is 2. The highest BCUT2D eigenvalue weighted by atomic mass is 35.5. The Morgan fingerprint density at radius 3 is 2.27 bits per heavy atom. The average Bonchev–Trinajstić information content (AvgIpc) is 2.46. The molecule has 1 heterocycles. The first-order valence-electron chi connectivity index (χ1n) is 7.00. The van der Waals surface area contributed by atoms with Crippen molar-refractivity contribution in [2.75, 3.05) is 31.1 Å². The molecule has 1 amide bonds. The van der Waals surface area contributed by atoms with Gasteiger partial charge in [0.15, 0.2) is 5.78 Å². The third-order valence-electron chi connectivity index (χ3n) is 3.68. The molecule has 122 valence electrons. The lowest BCUT2D eigenvalue weighted by Gasteiger charge is -2.36. The second-order valence-electron chi connectivity index (χ2n) is 5.32. The number of piperazine rings is 1. The van der Waals surface area contributed by atoms with Crippen molar-refractivity contribution in [2.45, 2.75) is 19.9 Å². The highest BCUT2D eigenvalue weighted by Crippen LogP contribution is 2.22. The number of carbonyl (C=O) groups is 2. The molecule has 2 N–H and O–H groups in total. The van der Waals surface area contributed by atoms with Crippen molar-refractivity contribution in [2.24, 2.45) is 5.73 Å². The molecule has 0 saturated carbocycles. The maximum absolute atomic E-state index is 14.1. The van der Waals surface area contributed by atoms with E-state index in [2.05, 4.69) is 0 Å². The summed E-state index contributed by atoms with van der Waals surface area (Å²) >= 11 is 0. The minimum absolute atomic E-state index is 0. The van der Waals surface area contributed by atoms with E-state index in [-0.39, 0.29) is 24.1 Å². The van der Waals surface area contributed by atoms with Crippen molar-refractivity contribution in [1.29, 1.82) is 0 Å². The van der Waals surface area contributed by atoms with Crippen molar-refractivity contribution in [3.63, 3.8) is 0 Å². The number of amides is 1. The molecule has 0 radical (unpaired) electrons. The van der Waals surface area contributed by atoms with E-state index in [9.17, 15) is 14.0 Å². The SMILES string of the molecule is CC(=O)c1ccc(N2CCN(C(=O)C(C)N)CC2)c(F)c1.Cl. The van der Waals surface area contributed by atoms with Gasteiger partial charge in [0.05, 0.1) is 11.7 Å². The van der Waals surface area contributed by atoms with E-state index < -0.39 is 11.9 Å². The number of hydrogen-bond donors (Lipinski definition) is 1. The zero-order valence-corrected chi connectivity index (χ0v) is 13.5. The van der Waals surface area contributed by atoms with Crippen LogP contribution in [-0.4, -0.2) is 48.8 Å². The van der Waals surface area contributed by atoms with Gasteiger partial charge in [-0.1, -0.05) is 0 Å². The minimum atomic E-state index is -0.511. The summed E-state index contributed by atoms with van der Waals surface area (Å²) in [5.74, 6) is -0.649. The zero-order chi connectivity index (χ0) is 15.6. The van der Waals surface area contributed by atoms with Gasteiger partial charge < -0.3 is 15.5 Å². The Bertz CT molecular complexity index is 558. The maximum Gasteiger partial charge on any atom is 0.239 e. The lowest BCUT2D eigenvalue weighted by molar-refractivity contribution is -0.132. The normalized spacial score (nSPS) is 16.0. The van der Waals surface area contributed by atoms with Gasteiger partial charge in [-0.25, -0.2) is 4.39 Å². The third-order valence-corrected chi connectivity index (χ3v) is 3.68. The molecule has 0 spiro atoms. The Morgan fingerprint density at radius 2 is 1.82 bits per heavy atom. The van der Waals surface area contributed by atoms with Crippen LogP contribution in [-0.2, 0) is 4.79 Å². The molecule has 22 heavy (non-hydrogen) atoms. The lowest BCUT2D eigenvalue weighted by atomic mass is 10.1. The predicted molar refractivity (Wildman–Crippen MR) is 86.1 cm³/mol. The van der Waals surface area contributed by atoms with Crippen molar-refractivity contribution >= 4 is 29.8 Å². The van der Waals surface area contributed by atoms with E-state index in [1.165, 1.54) is 13.0 Å². The number of benzene rings is 1. The van der Waals surface area contributed by atoms with Gasteiger partial charge in [0.25, 0.3) is 0 Å². The summed E-state index contributed by atoms with van der Waals surface area (Å²) in [6.45, 7) is 5.22. The average molecular weight is 330 g/mol. The van der Waals surface area contributed by atoms with E-state index in [1.54, 1.807) is 24.0 Å². The van der Waals surface area contributed by atoms with Crippen LogP contribution in [0.4, 0.5) is 10.1 Å². The molecule has 1 fully saturated rings. The number of hydrogen-bond acceptors (Lipinski definition) is 4. The Balaban J connectivity index is 0.00000242. The monoisotopic (exact) mass is 329 g/mol. The molecule has 1 unspecified atom stereocenters. The first-order chi connectivity index (χ1) is 9.90. The largest absolute Gasteiger partial charge is 0.366 e. The first-order valence-corrected chi connectivity index (χ1v) is 7.00. The highest BCUT2D eigenvalue weighted by Gasteiger charge is 2.24. The summed E-state index contributed by atoms with van der Waals surface area (Å²) in [6, 6.07) is 4.00. The molecule has 0 bridgehead atoms. The van der Waals surface area contributed by atoms with Crippen LogP contribution in [0.15, 0.2) is 18.2 Å². The van der Waals surface area contributed by atoms with Crippen LogP contribution in [0.3, 0.4) is 0 Å². The van der Waals surface area contributed by atoms with E-state index in [4.69, 9.17) is 5.73 Å². The minimum Gasteiger partial charge on any atom is -0.366 e. The molecule has 1 saturated heterocycles. The summed E-state index contributed by atoms with van der Waals surface area (Å²) in [4.78, 5) is 26.6. The molecule has 1 aliphatic rings. The molecular weight excluding hydrogens is 309 g/mol. The summed E-state index contributed by atoms with van der Waals surface area (Å²) in [6.07, 6.45) is 0. The van der Waals surface area contributed by atoms with Gasteiger partial charge in [-0.05, 0) is 32.0 Å². The Hall–Kier alpha value is -1.66. The van der Waals surface area contributed by atoms with Gasteiger partial charge in [-0.15, -0.1) is 12.4 Å². The van der Waals surface area contributed by atoms with Gasteiger partial charge in [0.2, 0.25) is 5.91 Å². The van der Waals surface area contributed by atoms with Crippen LogP contribution in [0, 0.1) is 5.82 Å². The van der Waals surface area contributed by atoms with Crippen molar-refractivity contribution in [3.8, 4) is 0 Å². The van der Waals surface area contributed by atoms with Crippen LogP contribution >= 0.6 is 12.4 Å². The van der Waals surface area contributed by atoms with Gasteiger partial charge in [0, 0.05) is 31.7 Å². The molecule has 0 aromatic heterocycles. The second-order valence-corrected chi connectivity index (χ2v) is 5.32. The summed E-state index contributed by atoms with van der Waals surface area (Å²) in [7, 11) is 0. The van der Waals surface area contributed by atoms with Crippen molar-refractivity contribution in [3.05, 3.63) is 29.6 Å². The fourth-order valence-electron chi connectivity index (χ4n) is 2.44. The summed E-state index contributed by atoms with van der Waals surface area (Å²) in [5, 5.41) is 0. The molecule has 5 nitrogen and oxygen atoms in total. The summed E-state index contributed by atoms with van der Waals surface area (Å²) < 4.78 is 14.1. The van der Waals surface area contributed by atoms with Gasteiger partial charge in [-0.2, -0.15) is 0 Å². The Labute approximate surface area is 135 Å². The number of Topliss-reactive ketones (excluding diaryl/α,β-unsaturated/α-hetero) is 1. The van der Waals surface area contributed by atoms with E-state index in [1.807, 2.05) is 4.90 Å². The number of carbonyl (C=O) groups excluding carboxylic acids is 2. The molecule has 1 aliphatic heterocycles. The highest BCUT2D eigenvalue weighted by molar-refractivity contribution is 5.94. The smallest absolute Gasteiger partial charge is 0.239 e. The molecule has 0 aliphatic carbocycles. The number of halogens is 2. The van der Waals surface area contributed by atoms with Gasteiger partial charge in [-0.3, -0.25) is 9.59 Å². The van der Waals surface area contributed by atoms with Gasteiger partial charge in [0.1, 0.15) is 5.82 Å². The topological polar surface area (TPSA) is 66.6 Å². The van der Waals surface area contributed by atoms with Crippen LogP contribution in [0.25, 0.3) is 0 Å². The van der Waals surface area contributed by atoms with Crippen LogP contribution in [0.2, 0.25) is 0 Å². The van der Waals surface area contributed by atoms with E-state index in [0.717, 1.165) is 0 Å². The fourth-order valence-corrected chi connectivity index (χ4v) is 2.44. The van der Waals surface area contributed by atoms with Crippen LogP contribution < -0.4 is 10.6 Å². The Kier molecular flexibility index (Phi) is 6.32. The molecule has 7 heteroatoms. The maximum atomic E-state index is 14.1. The summed E-state index contributed by atoms with van der Waals surface area (Å²) in [5.41, 5.74) is 6.41. The number of ketones is 1.